The van der Waals surface area contributed by atoms with Crippen LogP contribution in [0.1, 0.15) is 5.56 Å². The molecule has 108 valence electrons. The molecule has 20 heavy (non-hydrogen) atoms. The molecule has 1 atom stereocenters. The number of ether oxygens (including phenoxy) is 1. The molecule has 2 rings (SSSR count). The lowest BCUT2D eigenvalue weighted by Crippen LogP contribution is -2.50. The van der Waals surface area contributed by atoms with E-state index in [0.29, 0.717) is 18.7 Å². The van der Waals surface area contributed by atoms with Crippen LogP contribution in [0.15, 0.2) is 29.4 Å². The van der Waals surface area contributed by atoms with Crippen molar-refractivity contribution in [2.45, 2.75) is 12.5 Å². The maximum Gasteiger partial charge on any atom is 0.227 e. The zero-order valence-electron chi connectivity index (χ0n) is 10.8. The van der Waals surface area contributed by atoms with Gasteiger partial charge in [-0.1, -0.05) is 17.3 Å². The molecule has 0 aromatic heterocycles. The predicted molar refractivity (Wildman–Crippen MR) is 69.8 cm³/mol. The third-order valence-electron chi connectivity index (χ3n) is 3.11. The van der Waals surface area contributed by atoms with Gasteiger partial charge in [-0.25, -0.2) is 4.39 Å². The molecule has 1 unspecified atom stereocenters. The number of oxime groups is 1. The van der Waals surface area contributed by atoms with E-state index >= 15 is 0 Å². The van der Waals surface area contributed by atoms with Gasteiger partial charge in [0.2, 0.25) is 5.91 Å². The number of rotatable bonds is 3. The van der Waals surface area contributed by atoms with Crippen molar-refractivity contribution in [3.63, 3.8) is 0 Å². The number of morpholine rings is 1. The van der Waals surface area contributed by atoms with Crippen LogP contribution in [0, 0.1) is 5.82 Å². The Morgan fingerprint density at radius 3 is 3.10 bits per heavy atom. The Labute approximate surface area is 115 Å². The van der Waals surface area contributed by atoms with E-state index in [1.54, 1.807) is 17.0 Å². The second-order valence-corrected chi connectivity index (χ2v) is 4.53. The minimum absolute atomic E-state index is 0.0618. The molecule has 1 amide bonds. The van der Waals surface area contributed by atoms with Gasteiger partial charge in [0.15, 0.2) is 5.84 Å². The smallest absolute Gasteiger partial charge is 0.227 e. The molecule has 3 N–H and O–H groups in total. The van der Waals surface area contributed by atoms with E-state index in [2.05, 4.69) is 5.16 Å². The van der Waals surface area contributed by atoms with Crippen molar-refractivity contribution in [2.75, 3.05) is 19.7 Å². The standard InChI is InChI=1S/C13H16FN3O3/c14-10-3-1-2-9(6-10)7-12(18)17-4-5-20-11(8-17)13(15)16-19/h1-3,6,11,19H,4-5,7-8H2,(H2,15,16). The molecule has 1 fully saturated rings. The Bertz CT molecular complexity index is 521. The van der Waals surface area contributed by atoms with Crippen LogP contribution in [-0.4, -0.2) is 47.7 Å². The van der Waals surface area contributed by atoms with Gasteiger partial charge in [-0.2, -0.15) is 0 Å². The van der Waals surface area contributed by atoms with Gasteiger partial charge in [0.25, 0.3) is 0 Å². The first-order chi connectivity index (χ1) is 9.60. The highest BCUT2D eigenvalue weighted by Crippen LogP contribution is 2.10. The minimum Gasteiger partial charge on any atom is -0.409 e. The van der Waals surface area contributed by atoms with Gasteiger partial charge in [0, 0.05) is 6.54 Å². The van der Waals surface area contributed by atoms with Crippen molar-refractivity contribution in [1.29, 1.82) is 0 Å². The first kappa shape index (κ1) is 14.3. The fraction of sp³-hybridized carbons (Fsp3) is 0.385. The van der Waals surface area contributed by atoms with E-state index in [4.69, 9.17) is 15.7 Å². The van der Waals surface area contributed by atoms with Crippen molar-refractivity contribution in [3.05, 3.63) is 35.6 Å². The highest BCUT2D eigenvalue weighted by atomic mass is 19.1. The molecule has 7 heteroatoms. The summed E-state index contributed by atoms with van der Waals surface area (Å²) in [6, 6.07) is 5.93. The number of halogens is 1. The van der Waals surface area contributed by atoms with Crippen LogP contribution in [0.4, 0.5) is 4.39 Å². The van der Waals surface area contributed by atoms with Crippen molar-refractivity contribution in [3.8, 4) is 0 Å². The summed E-state index contributed by atoms with van der Waals surface area (Å²) in [5, 5.41) is 11.5. The lowest BCUT2D eigenvalue weighted by atomic mass is 10.1. The molecule has 1 heterocycles. The number of nitrogens with two attached hydrogens (primary N) is 1. The molecule has 1 aromatic carbocycles. The number of amides is 1. The molecule has 1 aromatic rings. The van der Waals surface area contributed by atoms with Gasteiger partial charge < -0.3 is 20.6 Å². The molecule has 0 aliphatic carbocycles. The Kier molecular flexibility index (Phi) is 4.52. The molecular formula is C13H16FN3O3. The third kappa shape index (κ3) is 3.45. The fourth-order valence-corrected chi connectivity index (χ4v) is 2.05. The fourth-order valence-electron chi connectivity index (χ4n) is 2.05. The van der Waals surface area contributed by atoms with Gasteiger partial charge in [0.05, 0.1) is 19.6 Å². The number of carbonyl (C=O) groups is 1. The van der Waals surface area contributed by atoms with Crippen LogP contribution in [0.25, 0.3) is 0 Å². The van der Waals surface area contributed by atoms with E-state index in [-0.39, 0.29) is 30.5 Å². The SMILES string of the molecule is NC(=NO)C1CN(C(=O)Cc2cccc(F)c2)CCO1. The molecule has 1 aliphatic rings. The molecular weight excluding hydrogens is 265 g/mol. The molecule has 0 saturated carbocycles. The van der Waals surface area contributed by atoms with Crippen LogP contribution in [0.2, 0.25) is 0 Å². The average molecular weight is 281 g/mol. The van der Waals surface area contributed by atoms with Crippen molar-refractivity contribution >= 4 is 11.7 Å². The van der Waals surface area contributed by atoms with Crippen LogP contribution in [-0.2, 0) is 16.0 Å². The highest BCUT2D eigenvalue weighted by Gasteiger charge is 2.26. The summed E-state index contributed by atoms with van der Waals surface area (Å²) in [6.07, 6.45) is -0.495. The summed E-state index contributed by atoms with van der Waals surface area (Å²) < 4.78 is 18.4. The first-order valence-corrected chi connectivity index (χ1v) is 6.21. The molecule has 6 nitrogen and oxygen atoms in total. The van der Waals surface area contributed by atoms with Gasteiger partial charge >= 0.3 is 0 Å². The Balaban J connectivity index is 1.98. The highest BCUT2D eigenvalue weighted by molar-refractivity contribution is 5.86. The largest absolute Gasteiger partial charge is 0.409 e. The average Bonchev–Trinajstić information content (AvgIpc) is 2.46. The summed E-state index contributed by atoms with van der Waals surface area (Å²) in [5.74, 6) is -0.574. The minimum atomic E-state index is -0.606. The van der Waals surface area contributed by atoms with Crippen LogP contribution in [0.3, 0.4) is 0 Å². The summed E-state index contributed by atoms with van der Waals surface area (Å²) >= 11 is 0. The van der Waals surface area contributed by atoms with Crippen LogP contribution >= 0.6 is 0 Å². The Hall–Kier alpha value is -2.15. The number of hydrogen-bond donors (Lipinski definition) is 2. The van der Waals surface area contributed by atoms with E-state index in [1.807, 2.05) is 0 Å². The summed E-state index contributed by atoms with van der Waals surface area (Å²) in [5.41, 5.74) is 6.08. The van der Waals surface area contributed by atoms with Crippen molar-refractivity contribution in [1.82, 2.24) is 4.90 Å². The summed E-state index contributed by atoms with van der Waals surface area (Å²) in [7, 11) is 0. The molecule has 1 aliphatic heterocycles. The monoisotopic (exact) mass is 281 g/mol. The lowest BCUT2D eigenvalue weighted by molar-refractivity contribution is -0.135. The number of hydrogen-bond acceptors (Lipinski definition) is 4. The maximum absolute atomic E-state index is 13.1. The van der Waals surface area contributed by atoms with E-state index in [9.17, 15) is 9.18 Å². The van der Waals surface area contributed by atoms with Crippen LogP contribution < -0.4 is 5.73 Å². The van der Waals surface area contributed by atoms with Crippen molar-refractivity contribution in [2.24, 2.45) is 10.9 Å². The zero-order chi connectivity index (χ0) is 14.5. The summed E-state index contributed by atoms with van der Waals surface area (Å²) in [4.78, 5) is 13.7. The predicted octanol–water partition coefficient (Wildman–Crippen LogP) is 0.342. The topological polar surface area (TPSA) is 88.2 Å². The van der Waals surface area contributed by atoms with Gasteiger partial charge in [-0.05, 0) is 17.7 Å². The third-order valence-corrected chi connectivity index (χ3v) is 3.11. The quantitative estimate of drug-likeness (QED) is 0.362. The van der Waals surface area contributed by atoms with E-state index < -0.39 is 6.10 Å². The van der Waals surface area contributed by atoms with Gasteiger partial charge in [0.1, 0.15) is 11.9 Å². The lowest BCUT2D eigenvalue weighted by Gasteiger charge is -2.32. The number of amidine groups is 1. The van der Waals surface area contributed by atoms with E-state index in [0.717, 1.165) is 0 Å². The first-order valence-electron chi connectivity index (χ1n) is 6.21. The maximum atomic E-state index is 13.1. The second-order valence-electron chi connectivity index (χ2n) is 4.53. The molecule has 0 radical (unpaired) electrons. The Morgan fingerprint density at radius 1 is 1.60 bits per heavy atom. The second kappa shape index (κ2) is 6.33. The van der Waals surface area contributed by atoms with Gasteiger partial charge in [-0.3, -0.25) is 4.79 Å². The zero-order valence-corrected chi connectivity index (χ0v) is 10.8. The number of benzene rings is 1. The summed E-state index contributed by atoms with van der Waals surface area (Å²) in [6.45, 7) is 0.975. The van der Waals surface area contributed by atoms with E-state index in [1.165, 1.54) is 12.1 Å². The molecule has 0 spiro atoms. The number of nitrogens with zero attached hydrogens (tertiary/aromatic N) is 2. The molecule has 0 bridgehead atoms. The normalized spacial score (nSPS) is 19.9. The Morgan fingerprint density at radius 2 is 2.40 bits per heavy atom. The van der Waals surface area contributed by atoms with Crippen LogP contribution in [0.5, 0.6) is 0 Å². The van der Waals surface area contributed by atoms with Crippen molar-refractivity contribution < 1.29 is 19.1 Å². The molecule has 1 saturated heterocycles. The van der Waals surface area contributed by atoms with Gasteiger partial charge in [-0.15, -0.1) is 0 Å². The number of carbonyl (C=O) groups excluding carboxylic acids is 1.